The first-order valence-corrected chi connectivity index (χ1v) is 6.90. The monoisotopic (exact) mass is 254 g/mol. The maximum atomic E-state index is 13.7. The summed E-state index contributed by atoms with van der Waals surface area (Å²) in [6.45, 7) is 0. The van der Waals surface area contributed by atoms with Crippen LogP contribution in [0.15, 0.2) is 23.1 Å². The van der Waals surface area contributed by atoms with Crippen molar-refractivity contribution in [3.8, 4) is 0 Å². The molecule has 0 spiro atoms. The minimum Gasteiger partial charge on any atom is -0.481 e. The maximum absolute atomic E-state index is 13.7. The fourth-order valence-electron chi connectivity index (χ4n) is 2.67. The number of carboxylic acid groups (broad SMARTS) is 1. The van der Waals surface area contributed by atoms with Crippen LogP contribution >= 0.6 is 11.8 Å². The van der Waals surface area contributed by atoms with Gasteiger partial charge in [0, 0.05) is 4.90 Å². The number of carbonyl (C=O) groups is 1. The van der Waals surface area contributed by atoms with Crippen LogP contribution in [0.1, 0.15) is 31.2 Å². The first-order valence-electron chi connectivity index (χ1n) is 5.68. The van der Waals surface area contributed by atoms with Crippen molar-refractivity contribution in [2.24, 2.45) is 0 Å². The quantitative estimate of drug-likeness (QED) is 0.839. The van der Waals surface area contributed by atoms with Crippen molar-refractivity contribution in [1.29, 1.82) is 0 Å². The summed E-state index contributed by atoms with van der Waals surface area (Å²) >= 11 is 1.29. The van der Waals surface area contributed by atoms with E-state index in [1.165, 1.54) is 17.8 Å². The van der Waals surface area contributed by atoms with Crippen LogP contribution in [0.5, 0.6) is 0 Å². The molecule has 1 aromatic carbocycles. The van der Waals surface area contributed by atoms with Gasteiger partial charge in [0.15, 0.2) is 0 Å². The molecule has 0 aliphatic heterocycles. The molecule has 1 aliphatic rings. The van der Waals surface area contributed by atoms with Crippen molar-refractivity contribution in [2.75, 3.05) is 6.26 Å². The summed E-state index contributed by atoms with van der Waals surface area (Å²) in [5.74, 6) is -1.14. The third-order valence-electron chi connectivity index (χ3n) is 3.55. The number of benzene rings is 1. The summed E-state index contributed by atoms with van der Waals surface area (Å²) in [6.07, 6.45) is 4.80. The number of hydrogen-bond donors (Lipinski definition) is 1. The van der Waals surface area contributed by atoms with Crippen LogP contribution in [0.25, 0.3) is 0 Å². The minimum atomic E-state index is -0.875. The van der Waals surface area contributed by atoms with E-state index in [1.807, 2.05) is 0 Å². The van der Waals surface area contributed by atoms with Gasteiger partial charge in [-0.05, 0) is 30.7 Å². The van der Waals surface area contributed by atoms with E-state index < -0.39 is 11.4 Å². The fourth-order valence-corrected chi connectivity index (χ4v) is 3.42. The Bertz CT molecular complexity index is 439. The zero-order chi connectivity index (χ0) is 12.5. The molecule has 2 nitrogen and oxygen atoms in total. The Balaban J connectivity index is 2.58. The SMILES string of the molecule is CSc1c(F)cccc1C1(C(=O)O)CCCC1. The Morgan fingerprint density at radius 2 is 2.06 bits per heavy atom. The highest BCUT2D eigenvalue weighted by molar-refractivity contribution is 7.98. The molecule has 0 amide bonds. The molecule has 1 aliphatic carbocycles. The number of hydrogen-bond acceptors (Lipinski definition) is 2. The topological polar surface area (TPSA) is 37.3 Å². The van der Waals surface area contributed by atoms with Gasteiger partial charge in [-0.3, -0.25) is 4.79 Å². The molecule has 1 N–H and O–H groups in total. The zero-order valence-electron chi connectivity index (χ0n) is 9.70. The molecule has 2 rings (SSSR count). The molecule has 0 atom stereocenters. The molecule has 92 valence electrons. The van der Waals surface area contributed by atoms with E-state index in [-0.39, 0.29) is 5.82 Å². The van der Waals surface area contributed by atoms with E-state index in [9.17, 15) is 14.3 Å². The normalized spacial score (nSPS) is 18.2. The Morgan fingerprint density at radius 3 is 2.59 bits per heavy atom. The fraction of sp³-hybridized carbons (Fsp3) is 0.462. The molecule has 0 aromatic heterocycles. The second kappa shape index (κ2) is 4.69. The molecule has 4 heteroatoms. The lowest BCUT2D eigenvalue weighted by molar-refractivity contribution is -0.143. The van der Waals surface area contributed by atoms with Crippen molar-refractivity contribution in [1.82, 2.24) is 0 Å². The van der Waals surface area contributed by atoms with Gasteiger partial charge in [-0.15, -0.1) is 11.8 Å². The van der Waals surface area contributed by atoms with E-state index in [2.05, 4.69) is 0 Å². The summed E-state index contributed by atoms with van der Waals surface area (Å²) in [5.41, 5.74) is -0.226. The number of aliphatic carboxylic acids is 1. The number of thioether (sulfide) groups is 1. The highest BCUT2D eigenvalue weighted by Gasteiger charge is 2.44. The van der Waals surface area contributed by atoms with Crippen molar-refractivity contribution in [2.45, 2.75) is 36.0 Å². The molecule has 0 unspecified atom stereocenters. The van der Waals surface area contributed by atoms with E-state index in [4.69, 9.17) is 0 Å². The molecule has 0 radical (unpaired) electrons. The smallest absolute Gasteiger partial charge is 0.314 e. The minimum absolute atomic E-state index is 0.317. The molecular formula is C13H15FO2S. The van der Waals surface area contributed by atoms with E-state index in [0.29, 0.717) is 23.3 Å². The predicted octanol–water partition coefficient (Wildman–Crippen LogP) is 3.44. The Hall–Kier alpha value is -1.03. The molecule has 1 aromatic rings. The molecular weight excluding hydrogens is 239 g/mol. The third kappa shape index (κ3) is 1.95. The summed E-state index contributed by atoms with van der Waals surface area (Å²) in [5, 5.41) is 9.50. The molecule has 0 heterocycles. The van der Waals surface area contributed by atoms with Crippen LogP contribution in [0.4, 0.5) is 4.39 Å². The maximum Gasteiger partial charge on any atom is 0.314 e. The number of halogens is 1. The Kier molecular flexibility index (Phi) is 3.43. The molecule has 0 bridgehead atoms. The summed E-state index contributed by atoms with van der Waals surface area (Å²) in [7, 11) is 0. The van der Waals surface area contributed by atoms with Crippen LogP contribution in [0, 0.1) is 5.82 Å². The van der Waals surface area contributed by atoms with Gasteiger partial charge in [0.2, 0.25) is 0 Å². The molecule has 17 heavy (non-hydrogen) atoms. The van der Waals surface area contributed by atoms with Gasteiger partial charge >= 0.3 is 5.97 Å². The van der Waals surface area contributed by atoms with Crippen LogP contribution < -0.4 is 0 Å². The average molecular weight is 254 g/mol. The van der Waals surface area contributed by atoms with Gasteiger partial charge in [-0.25, -0.2) is 4.39 Å². The predicted molar refractivity (Wildman–Crippen MR) is 66.0 cm³/mol. The van der Waals surface area contributed by atoms with Crippen molar-refractivity contribution < 1.29 is 14.3 Å². The highest BCUT2D eigenvalue weighted by atomic mass is 32.2. The van der Waals surface area contributed by atoms with Crippen LogP contribution in [0.2, 0.25) is 0 Å². The molecule has 1 fully saturated rings. The van der Waals surface area contributed by atoms with E-state index >= 15 is 0 Å². The average Bonchev–Trinajstić information content (AvgIpc) is 2.78. The van der Waals surface area contributed by atoms with Crippen LogP contribution in [-0.2, 0) is 10.2 Å². The molecule has 1 saturated carbocycles. The van der Waals surface area contributed by atoms with Crippen molar-refractivity contribution in [3.05, 3.63) is 29.6 Å². The van der Waals surface area contributed by atoms with Gasteiger partial charge < -0.3 is 5.11 Å². The van der Waals surface area contributed by atoms with Gasteiger partial charge in [-0.2, -0.15) is 0 Å². The third-order valence-corrected chi connectivity index (χ3v) is 4.38. The highest BCUT2D eigenvalue weighted by Crippen LogP contribution is 2.45. The lowest BCUT2D eigenvalue weighted by Gasteiger charge is -2.26. The Morgan fingerprint density at radius 1 is 1.41 bits per heavy atom. The zero-order valence-corrected chi connectivity index (χ0v) is 10.5. The van der Waals surface area contributed by atoms with Crippen LogP contribution in [0.3, 0.4) is 0 Å². The van der Waals surface area contributed by atoms with Gasteiger partial charge in [0.25, 0.3) is 0 Å². The van der Waals surface area contributed by atoms with E-state index in [1.54, 1.807) is 18.4 Å². The van der Waals surface area contributed by atoms with E-state index in [0.717, 1.165) is 12.8 Å². The van der Waals surface area contributed by atoms with Crippen molar-refractivity contribution in [3.63, 3.8) is 0 Å². The number of rotatable bonds is 3. The lowest BCUT2D eigenvalue weighted by Crippen LogP contribution is -2.33. The first kappa shape index (κ1) is 12.4. The lowest BCUT2D eigenvalue weighted by atomic mass is 9.79. The van der Waals surface area contributed by atoms with Crippen LogP contribution in [-0.4, -0.2) is 17.3 Å². The van der Waals surface area contributed by atoms with Crippen molar-refractivity contribution >= 4 is 17.7 Å². The number of carboxylic acids is 1. The van der Waals surface area contributed by atoms with Gasteiger partial charge in [0.1, 0.15) is 5.82 Å². The van der Waals surface area contributed by atoms with Gasteiger partial charge in [0.05, 0.1) is 5.41 Å². The largest absolute Gasteiger partial charge is 0.481 e. The standard InChI is InChI=1S/C13H15FO2S/c1-17-11-9(5-4-6-10(11)14)13(12(15)16)7-2-3-8-13/h4-6H,2-3,7-8H2,1H3,(H,15,16). The second-order valence-corrected chi connectivity index (χ2v) is 5.23. The Labute approximate surface area is 104 Å². The first-order chi connectivity index (χ1) is 8.12. The summed E-state index contributed by atoms with van der Waals surface area (Å²) in [6, 6.07) is 4.75. The molecule has 0 saturated heterocycles. The summed E-state index contributed by atoms with van der Waals surface area (Å²) < 4.78 is 13.7. The van der Waals surface area contributed by atoms with Gasteiger partial charge in [-0.1, -0.05) is 25.0 Å². The second-order valence-electron chi connectivity index (χ2n) is 4.42. The summed E-state index contributed by atoms with van der Waals surface area (Å²) in [4.78, 5) is 12.1.